The summed E-state index contributed by atoms with van der Waals surface area (Å²) in [6, 6.07) is 6.59. The van der Waals surface area contributed by atoms with E-state index in [-0.39, 0.29) is 0 Å². The topological polar surface area (TPSA) is 33.7 Å². The number of hydrogen-bond donors (Lipinski definition) is 1. The number of nitrogens with one attached hydrogen (secondary N) is 1. The van der Waals surface area contributed by atoms with Crippen LogP contribution in [0, 0.1) is 0 Å². The van der Waals surface area contributed by atoms with E-state index in [1.165, 1.54) is 18.4 Å². The lowest BCUT2D eigenvalue weighted by Gasteiger charge is -2.32. The van der Waals surface area contributed by atoms with Crippen molar-refractivity contribution in [1.29, 1.82) is 0 Å². The van der Waals surface area contributed by atoms with Crippen molar-refractivity contribution in [2.75, 3.05) is 34.4 Å². The van der Waals surface area contributed by atoms with Crippen molar-refractivity contribution >= 4 is 0 Å². The summed E-state index contributed by atoms with van der Waals surface area (Å²) in [6.07, 6.45) is 2.51. The molecule has 0 spiro atoms. The zero-order chi connectivity index (χ0) is 13.7. The largest absolute Gasteiger partial charge is 0.497 e. The molecule has 1 aromatic carbocycles. The first-order valence-corrected chi connectivity index (χ1v) is 6.87. The van der Waals surface area contributed by atoms with Crippen molar-refractivity contribution in [3.8, 4) is 11.5 Å². The molecule has 19 heavy (non-hydrogen) atoms. The van der Waals surface area contributed by atoms with Gasteiger partial charge in [0.15, 0.2) is 0 Å². The zero-order valence-electron chi connectivity index (χ0n) is 12.1. The third-order valence-electron chi connectivity index (χ3n) is 3.80. The summed E-state index contributed by atoms with van der Waals surface area (Å²) in [4.78, 5) is 2.47. The molecule has 0 radical (unpaired) electrons. The number of methoxy groups -OCH3 is 2. The fourth-order valence-corrected chi connectivity index (χ4v) is 2.68. The number of rotatable bonds is 5. The van der Waals surface area contributed by atoms with E-state index < -0.39 is 0 Å². The Morgan fingerprint density at radius 1 is 1.32 bits per heavy atom. The van der Waals surface area contributed by atoms with Crippen LogP contribution in [0.15, 0.2) is 18.2 Å². The summed E-state index contributed by atoms with van der Waals surface area (Å²) >= 11 is 0. The maximum absolute atomic E-state index is 5.44. The molecule has 1 aromatic rings. The van der Waals surface area contributed by atoms with Gasteiger partial charge in [-0.05, 0) is 44.6 Å². The van der Waals surface area contributed by atoms with Gasteiger partial charge in [0.25, 0.3) is 0 Å². The first-order valence-electron chi connectivity index (χ1n) is 6.87. The Hall–Kier alpha value is -1.26. The molecule has 106 valence electrons. The Balaban J connectivity index is 2.08. The van der Waals surface area contributed by atoms with Crippen LogP contribution in [0.2, 0.25) is 0 Å². The van der Waals surface area contributed by atoms with Crippen LogP contribution in [0.1, 0.15) is 18.4 Å². The molecule has 1 atom stereocenters. The third kappa shape index (κ3) is 3.61. The second-order valence-electron chi connectivity index (χ2n) is 5.04. The van der Waals surface area contributed by atoms with Crippen molar-refractivity contribution in [2.45, 2.75) is 25.4 Å². The smallest absolute Gasteiger partial charge is 0.123 e. The molecule has 2 rings (SSSR count). The number of hydrogen-bond acceptors (Lipinski definition) is 4. The zero-order valence-corrected chi connectivity index (χ0v) is 12.1. The number of piperidine rings is 1. The highest BCUT2D eigenvalue weighted by Crippen LogP contribution is 2.26. The molecule has 4 heteroatoms. The minimum Gasteiger partial charge on any atom is -0.497 e. The van der Waals surface area contributed by atoms with Gasteiger partial charge in [0.2, 0.25) is 0 Å². The van der Waals surface area contributed by atoms with Crippen LogP contribution in [-0.2, 0) is 6.54 Å². The van der Waals surface area contributed by atoms with Gasteiger partial charge in [-0.2, -0.15) is 0 Å². The summed E-state index contributed by atoms with van der Waals surface area (Å²) in [7, 11) is 5.46. The SMILES string of the molecule is CNC1CCCN(Cc2cc(OC)ccc2OC)C1. The van der Waals surface area contributed by atoms with Gasteiger partial charge in [-0.3, -0.25) is 4.90 Å². The Labute approximate surface area is 115 Å². The molecule has 0 aliphatic carbocycles. The minimum atomic E-state index is 0.602. The lowest BCUT2D eigenvalue weighted by molar-refractivity contribution is 0.186. The van der Waals surface area contributed by atoms with Gasteiger partial charge >= 0.3 is 0 Å². The molecule has 1 saturated heterocycles. The van der Waals surface area contributed by atoms with E-state index in [9.17, 15) is 0 Å². The number of ether oxygens (including phenoxy) is 2. The Bertz CT molecular complexity index is 409. The van der Waals surface area contributed by atoms with E-state index in [1.807, 2.05) is 19.2 Å². The third-order valence-corrected chi connectivity index (χ3v) is 3.80. The van der Waals surface area contributed by atoms with Crippen molar-refractivity contribution in [3.63, 3.8) is 0 Å². The van der Waals surface area contributed by atoms with Gasteiger partial charge in [0, 0.05) is 24.7 Å². The van der Waals surface area contributed by atoms with E-state index >= 15 is 0 Å². The van der Waals surface area contributed by atoms with Crippen molar-refractivity contribution in [1.82, 2.24) is 10.2 Å². The lowest BCUT2D eigenvalue weighted by Crippen LogP contribution is -2.43. The van der Waals surface area contributed by atoms with E-state index in [0.29, 0.717) is 6.04 Å². The molecule has 4 nitrogen and oxygen atoms in total. The summed E-state index contributed by atoms with van der Waals surface area (Å²) in [5.41, 5.74) is 1.19. The average molecular weight is 264 g/mol. The predicted molar refractivity (Wildman–Crippen MR) is 76.9 cm³/mol. The summed E-state index contributed by atoms with van der Waals surface area (Å²) in [6.45, 7) is 3.16. The molecule has 0 aromatic heterocycles. The maximum Gasteiger partial charge on any atom is 0.123 e. The van der Waals surface area contributed by atoms with Gasteiger partial charge in [0.05, 0.1) is 14.2 Å². The van der Waals surface area contributed by atoms with Crippen molar-refractivity contribution in [3.05, 3.63) is 23.8 Å². The molecule has 1 fully saturated rings. The second-order valence-corrected chi connectivity index (χ2v) is 5.04. The second kappa shape index (κ2) is 6.78. The highest BCUT2D eigenvalue weighted by molar-refractivity contribution is 5.40. The van der Waals surface area contributed by atoms with E-state index in [0.717, 1.165) is 31.1 Å². The number of nitrogens with zero attached hydrogens (tertiary/aromatic N) is 1. The molecule has 0 saturated carbocycles. The number of likely N-dealkylation sites (tertiary alicyclic amines) is 1. The fourth-order valence-electron chi connectivity index (χ4n) is 2.68. The molecular formula is C15H24N2O2. The standard InChI is InChI=1S/C15H24N2O2/c1-16-13-5-4-8-17(11-13)10-12-9-14(18-2)6-7-15(12)19-3/h6-7,9,13,16H,4-5,8,10-11H2,1-3H3. The summed E-state index contributed by atoms with van der Waals surface area (Å²) in [5, 5.41) is 3.37. The van der Waals surface area contributed by atoms with E-state index in [1.54, 1.807) is 14.2 Å². The van der Waals surface area contributed by atoms with Crippen LogP contribution >= 0.6 is 0 Å². The Kier molecular flexibility index (Phi) is 5.05. The van der Waals surface area contributed by atoms with Gasteiger partial charge in [-0.1, -0.05) is 0 Å². The van der Waals surface area contributed by atoms with Crippen LogP contribution in [-0.4, -0.2) is 45.3 Å². The van der Waals surface area contributed by atoms with Gasteiger partial charge < -0.3 is 14.8 Å². The van der Waals surface area contributed by atoms with Crippen LogP contribution in [0.3, 0.4) is 0 Å². The quantitative estimate of drug-likeness (QED) is 0.880. The highest BCUT2D eigenvalue weighted by Gasteiger charge is 2.19. The number of benzene rings is 1. The average Bonchev–Trinajstić information content (AvgIpc) is 2.47. The number of likely N-dealkylation sites (N-methyl/N-ethyl adjacent to an activating group) is 1. The summed E-state index contributed by atoms with van der Waals surface area (Å²) < 4.78 is 10.7. The maximum atomic E-state index is 5.44. The molecule has 1 aliphatic heterocycles. The molecule has 1 heterocycles. The predicted octanol–water partition coefficient (Wildman–Crippen LogP) is 1.89. The molecular weight excluding hydrogens is 240 g/mol. The monoisotopic (exact) mass is 264 g/mol. The fraction of sp³-hybridized carbons (Fsp3) is 0.600. The van der Waals surface area contributed by atoms with E-state index in [4.69, 9.17) is 9.47 Å². The van der Waals surface area contributed by atoms with E-state index in [2.05, 4.69) is 16.3 Å². The van der Waals surface area contributed by atoms with Crippen molar-refractivity contribution in [2.24, 2.45) is 0 Å². The van der Waals surface area contributed by atoms with Crippen LogP contribution in [0.4, 0.5) is 0 Å². The molecule has 1 aliphatic rings. The molecule has 0 amide bonds. The molecule has 1 unspecified atom stereocenters. The van der Waals surface area contributed by atoms with Gasteiger partial charge in [-0.15, -0.1) is 0 Å². The van der Waals surface area contributed by atoms with Crippen LogP contribution in [0.25, 0.3) is 0 Å². The van der Waals surface area contributed by atoms with Gasteiger partial charge in [-0.25, -0.2) is 0 Å². The lowest BCUT2D eigenvalue weighted by atomic mass is 10.0. The Morgan fingerprint density at radius 2 is 2.16 bits per heavy atom. The Morgan fingerprint density at radius 3 is 2.84 bits per heavy atom. The highest BCUT2D eigenvalue weighted by atomic mass is 16.5. The van der Waals surface area contributed by atoms with Crippen molar-refractivity contribution < 1.29 is 9.47 Å². The first kappa shape index (κ1) is 14.2. The molecule has 0 bridgehead atoms. The van der Waals surface area contributed by atoms with Gasteiger partial charge in [0.1, 0.15) is 11.5 Å². The molecule has 1 N–H and O–H groups in total. The first-order chi connectivity index (χ1) is 9.26. The minimum absolute atomic E-state index is 0.602. The van der Waals surface area contributed by atoms with Crippen LogP contribution < -0.4 is 14.8 Å². The van der Waals surface area contributed by atoms with Crippen LogP contribution in [0.5, 0.6) is 11.5 Å². The normalized spacial score (nSPS) is 20.3. The summed E-state index contributed by atoms with van der Waals surface area (Å²) in [5.74, 6) is 1.82.